The molecule has 1 unspecified atom stereocenters. The van der Waals surface area contributed by atoms with E-state index in [1.165, 1.54) is 0 Å². The highest BCUT2D eigenvalue weighted by atomic mass is 16.5. The first-order valence-electron chi connectivity index (χ1n) is 4.53. The van der Waals surface area contributed by atoms with Gasteiger partial charge in [-0.15, -0.1) is 0 Å². The number of hydrogen-bond donors (Lipinski definition) is 1. The number of ether oxygens (including phenoxy) is 2. The Bertz CT molecular complexity index is 279. The Morgan fingerprint density at radius 1 is 1.57 bits per heavy atom. The van der Waals surface area contributed by atoms with E-state index >= 15 is 0 Å². The topological polar surface area (TPSA) is 57.4 Å². The molecule has 1 rings (SSSR count). The number of aromatic nitrogens is 1. The maximum absolute atomic E-state index is 5.53. The lowest BCUT2D eigenvalue weighted by molar-refractivity contribution is -0.000129. The molecule has 4 heteroatoms. The van der Waals surface area contributed by atoms with Crippen LogP contribution in [0.1, 0.15) is 12.5 Å². The molecule has 0 radical (unpaired) electrons. The van der Waals surface area contributed by atoms with Crippen LogP contribution in [0.5, 0.6) is 0 Å². The quantitative estimate of drug-likeness (QED) is 0.769. The molecule has 0 spiro atoms. The summed E-state index contributed by atoms with van der Waals surface area (Å²) in [5.74, 6) is 0.519. The lowest BCUT2D eigenvalue weighted by Crippen LogP contribution is -2.14. The van der Waals surface area contributed by atoms with E-state index in [4.69, 9.17) is 15.2 Å². The maximum Gasteiger partial charge on any atom is 0.123 e. The third-order valence-electron chi connectivity index (χ3n) is 1.78. The molecular weight excluding hydrogens is 180 g/mol. The molecule has 0 aliphatic rings. The number of rotatable bonds is 5. The van der Waals surface area contributed by atoms with Crippen LogP contribution < -0.4 is 5.73 Å². The van der Waals surface area contributed by atoms with Gasteiger partial charge in [0.15, 0.2) is 0 Å². The second-order valence-electron chi connectivity index (χ2n) is 3.17. The van der Waals surface area contributed by atoms with Gasteiger partial charge >= 0.3 is 0 Å². The van der Waals surface area contributed by atoms with Crippen LogP contribution >= 0.6 is 0 Å². The van der Waals surface area contributed by atoms with Gasteiger partial charge in [-0.2, -0.15) is 0 Å². The third kappa shape index (κ3) is 3.72. The van der Waals surface area contributed by atoms with Gasteiger partial charge in [-0.3, -0.25) is 0 Å². The van der Waals surface area contributed by atoms with Gasteiger partial charge in [0.25, 0.3) is 0 Å². The summed E-state index contributed by atoms with van der Waals surface area (Å²) in [5.41, 5.74) is 6.56. The molecule has 1 aromatic heterocycles. The van der Waals surface area contributed by atoms with E-state index in [-0.39, 0.29) is 6.10 Å². The molecule has 0 aromatic carbocycles. The fraction of sp³-hybridized carbons (Fsp3) is 0.500. The Morgan fingerprint density at radius 3 is 3.00 bits per heavy atom. The average Bonchev–Trinajstić information content (AvgIpc) is 2.15. The summed E-state index contributed by atoms with van der Waals surface area (Å²) in [4.78, 5) is 3.90. The van der Waals surface area contributed by atoms with E-state index in [0.29, 0.717) is 19.0 Å². The average molecular weight is 196 g/mol. The Hall–Kier alpha value is -1.13. The minimum atomic E-state index is 0.0920. The molecule has 0 amide bonds. The van der Waals surface area contributed by atoms with E-state index in [2.05, 4.69) is 4.98 Å². The molecule has 0 saturated heterocycles. The zero-order valence-electron chi connectivity index (χ0n) is 8.56. The minimum absolute atomic E-state index is 0.0920. The van der Waals surface area contributed by atoms with Gasteiger partial charge in [0.1, 0.15) is 5.82 Å². The highest BCUT2D eigenvalue weighted by Gasteiger charge is 2.01. The summed E-state index contributed by atoms with van der Waals surface area (Å²) in [6.07, 6.45) is 1.77. The van der Waals surface area contributed by atoms with Crippen molar-refractivity contribution in [3.63, 3.8) is 0 Å². The van der Waals surface area contributed by atoms with Crippen LogP contribution in [0.3, 0.4) is 0 Å². The molecule has 0 bridgehead atoms. The van der Waals surface area contributed by atoms with Crippen molar-refractivity contribution in [3.05, 3.63) is 23.9 Å². The molecule has 1 aromatic rings. The van der Waals surface area contributed by atoms with Crippen LogP contribution in [0.2, 0.25) is 0 Å². The van der Waals surface area contributed by atoms with E-state index < -0.39 is 0 Å². The second-order valence-corrected chi connectivity index (χ2v) is 3.17. The van der Waals surface area contributed by atoms with E-state index in [9.17, 15) is 0 Å². The monoisotopic (exact) mass is 196 g/mol. The zero-order chi connectivity index (χ0) is 10.4. The van der Waals surface area contributed by atoms with Crippen LogP contribution in [0, 0.1) is 0 Å². The second kappa shape index (κ2) is 5.57. The highest BCUT2D eigenvalue weighted by molar-refractivity contribution is 5.31. The largest absolute Gasteiger partial charge is 0.384 e. The van der Waals surface area contributed by atoms with Gasteiger partial charge in [0.05, 0.1) is 19.3 Å². The van der Waals surface area contributed by atoms with E-state index in [0.717, 1.165) is 5.56 Å². The van der Waals surface area contributed by atoms with Gasteiger partial charge < -0.3 is 15.2 Å². The van der Waals surface area contributed by atoms with Crippen molar-refractivity contribution < 1.29 is 9.47 Å². The summed E-state index contributed by atoms with van der Waals surface area (Å²) >= 11 is 0. The zero-order valence-corrected chi connectivity index (χ0v) is 8.56. The molecule has 0 saturated carbocycles. The summed E-state index contributed by atoms with van der Waals surface area (Å²) in [6.45, 7) is 3.10. The van der Waals surface area contributed by atoms with Crippen molar-refractivity contribution in [1.82, 2.24) is 4.98 Å². The Balaban J connectivity index is 2.37. The number of hydrogen-bond acceptors (Lipinski definition) is 4. The van der Waals surface area contributed by atoms with Crippen molar-refractivity contribution in [3.8, 4) is 0 Å². The molecule has 1 atom stereocenters. The molecule has 2 N–H and O–H groups in total. The van der Waals surface area contributed by atoms with Crippen molar-refractivity contribution in [2.24, 2.45) is 0 Å². The smallest absolute Gasteiger partial charge is 0.123 e. The normalized spacial score (nSPS) is 12.7. The van der Waals surface area contributed by atoms with Gasteiger partial charge in [-0.1, -0.05) is 0 Å². The molecule has 1 heterocycles. The molecule has 14 heavy (non-hydrogen) atoms. The molecule has 4 nitrogen and oxygen atoms in total. The predicted molar refractivity (Wildman–Crippen MR) is 54.8 cm³/mol. The predicted octanol–water partition coefficient (Wildman–Crippen LogP) is 1.22. The summed E-state index contributed by atoms with van der Waals surface area (Å²) in [5, 5.41) is 0. The SMILES string of the molecule is COCC(C)OCc1ccnc(N)c1. The van der Waals surface area contributed by atoms with Crippen molar-refractivity contribution >= 4 is 5.82 Å². The Morgan fingerprint density at radius 2 is 2.36 bits per heavy atom. The van der Waals surface area contributed by atoms with Crippen LogP contribution in [0.15, 0.2) is 18.3 Å². The molecule has 0 aliphatic carbocycles. The molecule has 0 fully saturated rings. The molecule has 78 valence electrons. The fourth-order valence-electron chi connectivity index (χ4n) is 1.11. The summed E-state index contributed by atoms with van der Waals surface area (Å²) in [6, 6.07) is 3.69. The lowest BCUT2D eigenvalue weighted by atomic mass is 10.3. The highest BCUT2D eigenvalue weighted by Crippen LogP contribution is 2.06. The standard InChI is InChI=1S/C10H16N2O2/c1-8(6-13-2)14-7-9-3-4-12-10(11)5-9/h3-5,8H,6-7H2,1-2H3,(H2,11,12). The number of nitrogen functional groups attached to an aromatic ring is 1. The van der Waals surface area contributed by atoms with E-state index in [1.807, 2.05) is 13.0 Å². The number of nitrogens with zero attached hydrogens (tertiary/aromatic N) is 1. The lowest BCUT2D eigenvalue weighted by Gasteiger charge is -2.11. The van der Waals surface area contributed by atoms with Crippen molar-refractivity contribution in [2.75, 3.05) is 19.5 Å². The van der Waals surface area contributed by atoms with E-state index in [1.54, 1.807) is 19.4 Å². The molecular formula is C10H16N2O2. The van der Waals surface area contributed by atoms with Gasteiger partial charge in [-0.25, -0.2) is 4.98 Å². The van der Waals surface area contributed by atoms with Gasteiger partial charge in [0.2, 0.25) is 0 Å². The van der Waals surface area contributed by atoms with Gasteiger partial charge in [-0.05, 0) is 24.6 Å². The van der Waals surface area contributed by atoms with Gasteiger partial charge in [0, 0.05) is 13.3 Å². The van der Waals surface area contributed by atoms with Crippen LogP contribution in [0.4, 0.5) is 5.82 Å². The van der Waals surface area contributed by atoms with Crippen LogP contribution in [-0.4, -0.2) is 24.8 Å². The summed E-state index contributed by atoms with van der Waals surface area (Å²) < 4.78 is 10.5. The Labute approximate surface area is 84.0 Å². The third-order valence-corrected chi connectivity index (χ3v) is 1.78. The van der Waals surface area contributed by atoms with Crippen LogP contribution in [-0.2, 0) is 16.1 Å². The summed E-state index contributed by atoms with van der Waals surface area (Å²) in [7, 11) is 1.66. The Kier molecular flexibility index (Phi) is 4.35. The maximum atomic E-state index is 5.53. The fourth-order valence-corrected chi connectivity index (χ4v) is 1.11. The van der Waals surface area contributed by atoms with Crippen molar-refractivity contribution in [1.29, 1.82) is 0 Å². The first-order valence-corrected chi connectivity index (χ1v) is 4.53. The number of nitrogens with two attached hydrogens (primary N) is 1. The molecule has 0 aliphatic heterocycles. The van der Waals surface area contributed by atoms with Crippen LogP contribution in [0.25, 0.3) is 0 Å². The van der Waals surface area contributed by atoms with Crippen molar-refractivity contribution in [2.45, 2.75) is 19.6 Å². The number of anilines is 1. The minimum Gasteiger partial charge on any atom is -0.384 e. The first-order chi connectivity index (χ1) is 6.72. The number of methoxy groups -OCH3 is 1. The first kappa shape index (κ1) is 10.9. The number of pyridine rings is 1.